The number of hydrogen-bond acceptors (Lipinski definition) is 4. The van der Waals surface area contributed by atoms with E-state index >= 15 is 0 Å². The first-order valence-corrected chi connectivity index (χ1v) is 5.81. The van der Waals surface area contributed by atoms with E-state index in [9.17, 15) is 19.3 Å². The molecule has 19 heavy (non-hydrogen) atoms. The lowest BCUT2D eigenvalue weighted by Gasteiger charge is -2.19. The first-order chi connectivity index (χ1) is 8.91. The first kappa shape index (κ1) is 14.9. The Hall–Kier alpha value is -2.18. The number of nitrogens with one attached hydrogen (secondary N) is 1. The predicted molar refractivity (Wildman–Crippen MR) is 69.6 cm³/mol. The Labute approximate surface area is 110 Å². The van der Waals surface area contributed by atoms with Gasteiger partial charge in [0.2, 0.25) is 5.91 Å². The van der Waals surface area contributed by atoms with Crippen molar-refractivity contribution >= 4 is 17.3 Å². The molecular weight excluding hydrogens is 253 g/mol. The fourth-order valence-electron chi connectivity index (χ4n) is 1.67. The molecule has 0 radical (unpaired) electrons. The van der Waals surface area contributed by atoms with Crippen LogP contribution in [0.3, 0.4) is 0 Å². The zero-order chi connectivity index (χ0) is 14.4. The highest BCUT2D eigenvalue weighted by Gasteiger charge is 2.17. The molecule has 0 aromatic heterocycles. The Kier molecular flexibility index (Phi) is 5.23. The van der Waals surface area contributed by atoms with Gasteiger partial charge < -0.3 is 10.2 Å². The van der Waals surface area contributed by atoms with Crippen LogP contribution in [0.1, 0.15) is 13.3 Å². The molecule has 0 saturated carbocycles. The Balaban J connectivity index is 2.68. The van der Waals surface area contributed by atoms with Crippen molar-refractivity contribution in [3.05, 3.63) is 34.1 Å². The Morgan fingerprint density at radius 2 is 2.21 bits per heavy atom. The molecule has 0 heterocycles. The molecule has 1 rings (SSSR count). The molecular formula is C12H16FN3O3. The van der Waals surface area contributed by atoms with Crippen LogP contribution in [0.4, 0.5) is 15.8 Å². The van der Waals surface area contributed by atoms with Gasteiger partial charge in [-0.1, -0.05) is 0 Å². The van der Waals surface area contributed by atoms with Gasteiger partial charge in [0.15, 0.2) is 0 Å². The Bertz CT molecular complexity index is 479. The number of anilines is 1. The normalized spacial score (nSPS) is 10.1. The summed E-state index contributed by atoms with van der Waals surface area (Å²) in [6.07, 6.45) is 0.643. The van der Waals surface area contributed by atoms with Gasteiger partial charge >= 0.3 is 0 Å². The minimum Gasteiger partial charge on any atom is -0.369 e. The van der Waals surface area contributed by atoms with Crippen LogP contribution in [0, 0.1) is 15.9 Å². The van der Waals surface area contributed by atoms with Crippen LogP contribution in [-0.4, -0.2) is 31.0 Å². The topological polar surface area (TPSA) is 75.5 Å². The number of amides is 1. The van der Waals surface area contributed by atoms with Gasteiger partial charge in [0.25, 0.3) is 5.69 Å². The summed E-state index contributed by atoms with van der Waals surface area (Å²) in [5.74, 6) is -0.752. The smallest absolute Gasteiger partial charge is 0.295 e. The lowest BCUT2D eigenvalue weighted by Crippen LogP contribution is -2.26. The number of nitro groups is 1. The summed E-state index contributed by atoms with van der Waals surface area (Å²) in [6, 6.07) is 3.47. The average Bonchev–Trinajstić information content (AvgIpc) is 2.33. The van der Waals surface area contributed by atoms with Crippen LogP contribution in [0.15, 0.2) is 18.2 Å². The molecule has 1 aromatic rings. The largest absolute Gasteiger partial charge is 0.369 e. The van der Waals surface area contributed by atoms with Crippen LogP contribution < -0.4 is 10.2 Å². The number of carbonyl (C=O) groups excluding carboxylic acids is 1. The van der Waals surface area contributed by atoms with E-state index in [4.69, 9.17) is 0 Å². The highest BCUT2D eigenvalue weighted by molar-refractivity contribution is 5.72. The van der Waals surface area contributed by atoms with Gasteiger partial charge in [0.05, 0.1) is 11.0 Å². The zero-order valence-electron chi connectivity index (χ0n) is 10.9. The second-order valence-corrected chi connectivity index (χ2v) is 4.15. The quantitative estimate of drug-likeness (QED) is 0.484. The second-order valence-electron chi connectivity index (χ2n) is 4.15. The van der Waals surface area contributed by atoms with E-state index in [2.05, 4.69) is 5.32 Å². The molecule has 0 spiro atoms. The van der Waals surface area contributed by atoms with Crippen LogP contribution in [-0.2, 0) is 4.79 Å². The van der Waals surface area contributed by atoms with Gasteiger partial charge in [-0.15, -0.1) is 0 Å². The molecule has 0 atom stereocenters. The summed E-state index contributed by atoms with van der Waals surface area (Å²) in [5, 5.41) is 13.5. The molecule has 1 amide bonds. The number of halogens is 1. The van der Waals surface area contributed by atoms with Crippen molar-refractivity contribution in [2.24, 2.45) is 0 Å². The molecule has 7 heteroatoms. The standard InChI is InChI=1S/C12H16FN3O3/c1-9(17)14-6-3-7-15(2)11-5-4-10(13)8-12(11)16(18)19/h4-5,8H,3,6-7H2,1-2H3,(H,14,17). The number of hydrogen-bond donors (Lipinski definition) is 1. The zero-order valence-corrected chi connectivity index (χ0v) is 10.9. The van der Waals surface area contributed by atoms with Gasteiger partial charge in [0, 0.05) is 27.1 Å². The van der Waals surface area contributed by atoms with Crippen LogP contribution in [0.25, 0.3) is 0 Å². The number of nitro benzene ring substituents is 1. The second kappa shape index (κ2) is 6.67. The van der Waals surface area contributed by atoms with E-state index in [1.54, 1.807) is 11.9 Å². The molecule has 0 fully saturated rings. The highest BCUT2D eigenvalue weighted by atomic mass is 19.1. The lowest BCUT2D eigenvalue weighted by atomic mass is 10.2. The van der Waals surface area contributed by atoms with Crippen LogP contribution >= 0.6 is 0 Å². The first-order valence-electron chi connectivity index (χ1n) is 5.81. The SMILES string of the molecule is CC(=O)NCCCN(C)c1ccc(F)cc1[N+](=O)[O-]. The summed E-state index contributed by atoms with van der Waals surface area (Å²) < 4.78 is 13.0. The Morgan fingerprint density at radius 1 is 1.53 bits per heavy atom. The predicted octanol–water partition coefficient (Wildman–Crippen LogP) is 1.70. The third-order valence-corrected chi connectivity index (χ3v) is 2.59. The molecule has 0 aliphatic rings. The van der Waals surface area contributed by atoms with Crippen LogP contribution in [0.2, 0.25) is 0 Å². The summed E-state index contributed by atoms with van der Waals surface area (Å²) in [6.45, 7) is 2.44. The Morgan fingerprint density at radius 3 is 2.79 bits per heavy atom. The molecule has 1 N–H and O–H groups in total. The summed E-state index contributed by atoms with van der Waals surface area (Å²) in [5.41, 5.74) is 0.0938. The maximum absolute atomic E-state index is 13.0. The fourth-order valence-corrected chi connectivity index (χ4v) is 1.67. The van der Waals surface area contributed by atoms with E-state index in [0.29, 0.717) is 25.2 Å². The molecule has 6 nitrogen and oxygen atoms in total. The van der Waals surface area contributed by atoms with Crippen molar-refractivity contribution in [1.82, 2.24) is 5.32 Å². The van der Waals surface area contributed by atoms with Crippen molar-refractivity contribution in [2.75, 3.05) is 25.0 Å². The van der Waals surface area contributed by atoms with E-state index in [1.165, 1.54) is 19.1 Å². The van der Waals surface area contributed by atoms with Crippen molar-refractivity contribution in [3.8, 4) is 0 Å². The van der Waals surface area contributed by atoms with Gasteiger partial charge in [-0.2, -0.15) is 0 Å². The number of nitrogens with zero attached hydrogens (tertiary/aromatic N) is 2. The summed E-state index contributed by atoms with van der Waals surface area (Å²) >= 11 is 0. The molecule has 0 saturated heterocycles. The maximum atomic E-state index is 13.0. The van der Waals surface area contributed by atoms with Crippen molar-refractivity contribution in [3.63, 3.8) is 0 Å². The number of carbonyl (C=O) groups is 1. The minimum atomic E-state index is -0.637. The molecule has 1 aromatic carbocycles. The average molecular weight is 269 g/mol. The van der Waals surface area contributed by atoms with E-state index in [-0.39, 0.29) is 11.6 Å². The fraction of sp³-hybridized carbons (Fsp3) is 0.417. The molecule has 0 aliphatic carbocycles. The van der Waals surface area contributed by atoms with Gasteiger partial charge in [-0.3, -0.25) is 14.9 Å². The summed E-state index contributed by atoms with van der Waals surface area (Å²) in [4.78, 5) is 22.6. The molecule has 0 bridgehead atoms. The molecule has 0 aliphatic heterocycles. The van der Waals surface area contributed by atoms with Gasteiger partial charge in [-0.25, -0.2) is 4.39 Å². The van der Waals surface area contributed by atoms with Crippen molar-refractivity contribution in [2.45, 2.75) is 13.3 Å². The third-order valence-electron chi connectivity index (χ3n) is 2.59. The number of benzene rings is 1. The lowest BCUT2D eigenvalue weighted by molar-refractivity contribution is -0.384. The molecule has 104 valence electrons. The summed E-state index contributed by atoms with van der Waals surface area (Å²) in [7, 11) is 1.69. The van der Waals surface area contributed by atoms with Gasteiger partial charge in [-0.05, 0) is 18.6 Å². The van der Waals surface area contributed by atoms with E-state index in [0.717, 1.165) is 6.07 Å². The van der Waals surface area contributed by atoms with Crippen LogP contribution in [0.5, 0.6) is 0 Å². The van der Waals surface area contributed by atoms with Crippen molar-refractivity contribution < 1.29 is 14.1 Å². The van der Waals surface area contributed by atoms with E-state index < -0.39 is 10.7 Å². The maximum Gasteiger partial charge on any atom is 0.295 e. The minimum absolute atomic E-state index is 0.115. The monoisotopic (exact) mass is 269 g/mol. The molecule has 0 unspecified atom stereocenters. The van der Waals surface area contributed by atoms with E-state index in [1.807, 2.05) is 0 Å². The van der Waals surface area contributed by atoms with Crippen molar-refractivity contribution in [1.29, 1.82) is 0 Å². The number of rotatable bonds is 6. The van der Waals surface area contributed by atoms with Gasteiger partial charge in [0.1, 0.15) is 11.5 Å². The third kappa shape index (κ3) is 4.53. The highest BCUT2D eigenvalue weighted by Crippen LogP contribution is 2.27.